The summed E-state index contributed by atoms with van der Waals surface area (Å²) in [5.41, 5.74) is 5.49. The molecule has 0 radical (unpaired) electrons. The molecule has 1 unspecified atom stereocenters. The number of likely N-dealkylation sites (tertiary alicyclic amines) is 1. The van der Waals surface area contributed by atoms with Crippen molar-refractivity contribution >= 4 is 27.6 Å². The van der Waals surface area contributed by atoms with Gasteiger partial charge in [-0.25, -0.2) is 9.10 Å². The summed E-state index contributed by atoms with van der Waals surface area (Å²) in [6.45, 7) is 1.42. The van der Waals surface area contributed by atoms with Gasteiger partial charge in [0, 0.05) is 13.2 Å². The fourth-order valence-electron chi connectivity index (χ4n) is 5.64. The van der Waals surface area contributed by atoms with Crippen molar-refractivity contribution in [2.24, 2.45) is 7.05 Å². The Balaban J connectivity index is 1.45. The van der Waals surface area contributed by atoms with Gasteiger partial charge in [-0.05, 0) is 93.8 Å². The Kier molecular flexibility index (Phi) is 6.13. The second-order valence-corrected chi connectivity index (χ2v) is 11.4. The highest BCUT2D eigenvalue weighted by atomic mass is 32.2. The van der Waals surface area contributed by atoms with E-state index in [-0.39, 0.29) is 0 Å². The molecule has 2 amide bonds. The predicted molar refractivity (Wildman–Crippen MR) is 129 cm³/mol. The summed E-state index contributed by atoms with van der Waals surface area (Å²) < 4.78 is 28.4. The average molecular weight is 489 g/mol. The predicted octanol–water partition coefficient (Wildman–Crippen LogP) is 1.16. The Bertz CT molecular complexity index is 1170. The van der Waals surface area contributed by atoms with Crippen LogP contribution in [0.4, 0.5) is 16.2 Å². The number of carbonyl (C=O) groups is 1. The average Bonchev–Trinajstić information content (AvgIpc) is 3.55. The lowest BCUT2D eigenvalue weighted by Gasteiger charge is -2.37. The fraction of sp³-hybridized carbons (Fsp3) is 0.565. The second-order valence-electron chi connectivity index (χ2n) is 9.68. The van der Waals surface area contributed by atoms with Crippen molar-refractivity contribution in [3.63, 3.8) is 0 Å². The van der Waals surface area contributed by atoms with Crippen molar-refractivity contribution in [3.05, 3.63) is 45.9 Å². The molecule has 5 rings (SSSR count). The number of aromatic nitrogens is 2. The highest BCUT2D eigenvalue weighted by Gasteiger charge is 2.41. The van der Waals surface area contributed by atoms with Gasteiger partial charge in [0.2, 0.25) is 0 Å². The van der Waals surface area contributed by atoms with Crippen LogP contribution in [0.3, 0.4) is 0 Å². The number of amides is 2. The van der Waals surface area contributed by atoms with E-state index >= 15 is 0 Å². The van der Waals surface area contributed by atoms with Crippen molar-refractivity contribution < 1.29 is 17.7 Å². The van der Waals surface area contributed by atoms with Gasteiger partial charge in [-0.15, -0.1) is 0 Å². The maximum atomic E-state index is 13.6. The molecule has 2 N–H and O–H groups in total. The summed E-state index contributed by atoms with van der Waals surface area (Å²) in [5, 5.41) is 20.1. The number of quaternary nitrogens is 1. The minimum Gasteiger partial charge on any atom is -0.608 e. The molecule has 11 heteroatoms. The van der Waals surface area contributed by atoms with Crippen LogP contribution in [0.5, 0.6) is 0 Å². The quantitative estimate of drug-likeness (QED) is 0.611. The molecular weight excluding hydrogens is 456 g/mol. The molecule has 34 heavy (non-hydrogen) atoms. The minimum atomic E-state index is -4.59. The Hall–Kier alpha value is -2.47. The van der Waals surface area contributed by atoms with E-state index < -0.39 is 26.8 Å². The van der Waals surface area contributed by atoms with Crippen molar-refractivity contribution in [2.75, 3.05) is 29.8 Å². The monoisotopic (exact) mass is 488 g/mol. The normalized spacial score (nSPS) is 19.6. The highest BCUT2D eigenvalue weighted by molar-refractivity contribution is 7.86. The molecule has 0 bridgehead atoms. The third kappa shape index (κ3) is 4.10. The lowest BCUT2D eigenvalue weighted by molar-refractivity contribution is -0.604. The van der Waals surface area contributed by atoms with E-state index in [1.54, 1.807) is 13.2 Å². The van der Waals surface area contributed by atoms with Crippen LogP contribution in [0.25, 0.3) is 0 Å². The van der Waals surface area contributed by atoms with Crippen LogP contribution in [-0.2, 0) is 42.9 Å². The minimum absolute atomic E-state index is 0.305. The Labute approximate surface area is 200 Å². The van der Waals surface area contributed by atoms with Crippen LogP contribution in [0.1, 0.15) is 47.9 Å². The molecule has 3 aliphatic rings. The van der Waals surface area contributed by atoms with Gasteiger partial charge in [0.15, 0.2) is 0 Å². The molecule has 0 saturated carbocycles. The number of nitrogens with one attached hydrogen (secondary N) is 2. The van der Waals surface area contributed by atoms with Gasteiger partial charge in [-0.2, -0.15) is 18.0 Å². The fourth-order valence-corrected chi connectivity index (χ4v) is 7.07. The summed E-state index contributed by atoms with van der Waals surface area (Å²) >= 11 is 0. The number of anilines is 2. The first-order valence-electron chi connectivity index (χ1n) is 12.0. The van der Waals surface area contributed by atoms with E-state index in [0.717, 1.165) is 54.0 Å². The molecular formula is C23H32N6O4S. The molecule has 1 atom stereocenters. The Morgan fingerprint density at radius 2 is 1.74 bits per heavy atom. The molecule has 2 aliphatic carbocycles. The van der Waals surface area contributed by atoms with E-state index in [2.05, 4.69) is 21.4 Å². The number of rotatable bonds is 5. The number of carbonyl (C=O) groups excluding carboxylic acids is 1. The number of piperidine rings is 1. The Morgan fingerprint density at radius 3 is 2.29 bits per heavy atom. The summed E-state index contributed by atoms with van der Waals surface area (Å²) in [4.78, 5) is 15.3. The summed E-state index contributed by atoms with van der Waals surface area (Å²) in [6, 6.07) is 0.729. The van der Waals surface area contributed by atoms with Crippen LogP contribution < -0.4 is 14.1 Å². The maximum Gasteiger partial charge on any atom is 0.436 e. The molecule has 1 aromatic carbocycles. The number of fused-ring (bicyclic) bond motifs is 2. The third-order valence-corrected chi connectivity index (χ3v) is 9.04. The van der Waals surface area contributed by atoms with Gasteiger partial charge >= 0.3 is 16.2 Å². The highest BCUT2D eigenvalue weighted by Crippen LogP contribution is 2.38. The van der Waals surface area contributed by atoms with Gasteiger partial charge in [0.25, 0.3) is 0 Å². The zero-order chi connectivity index (χ0) is 24.0. The van der Waals surface area contributed by atoms with Gasteiger partial charge in [-0.3, -0.25) is 10.00 Å². The molecule has 2 aromatic rings. The number of benzene rings is 1. The molecule has 1 saturated heterocycles. The molecule has 1 aromatic heterocycles. The van der Waals surface area contributed by atoms with E-state index in [1.807, 2.05) is 7.05 Å². The Morgan fingerprint density at radius 1 is 1.12 bits per heavy atom. The first kappa shape index (κ1) is 23.3. The molecule has 10 nitrogen and oxygen atoms in total. The first-order chi connectivity index (χ1) is 16.3. The van der Waals surface area contributed by atoms with Crippen LogP contribution in [-0.4, -0.2) is 55.3 Å². The van der Waals surface area contributed by atoms with Crippen LogP contribution >= 0.6 is 0 Å². The summed E-state index contributed by atoms with van der Waals surface area (Å²) in [5.74, 6) is 0. The number of nitrogens with zero attached hydrogens (tertiary/aromatic N) is 4. The van der Waals surface area contributed by atoms with Gasteiger partial charge in [0.05, 0.1) is 23.6 Å². The van der Waals surface area contributed by atoms with Crippen molar-refractivity contribution in [1.29, 1.82) is 0 Å². The third-order valence-electron chi connectivity index (χ3n) is 7.36. The van der Waals surface area contributed by atoms with Crippen molar-refractivity contribution in [1.82, 2.24) is 14.7 Å². The molecule has 0 spiro atoms. The van der Waals surface area contributed by atoms with Crippen LogP contribution in [0.15, 0.2) is 18.5 Å². The largest absolute Gasteiger partial charge is 0.608 e. The molecule has 1 aliphatic heterocycles. The lowest BCUT2D eigenvalue weighted by atomic mass is 9.99. The van der Waals surface area contributed by atoms with Gasteiger partial charge in [0.1, 0.15) is 0 Å². The van der Waals surface area contributed by atoms with E-state index in [4.69, 9.17) is 0 Å². The van der Waals surface area contributed by atoms with Crippen molar-refractivity contribution in [2.45, 2.75) is 57.4 Å². The number of hydrogen-bond donors (Lipinski definition) is 2. The first-order valence-corrected chi connectivity index (χ1v) is 13.4. The topological polar surface area (TPSA) is 115 Å². The van der Waals surface area contributed by atoms with Crippen LogP contribution in [0, 0.1) is 5.21 Å². The smallest absolute Gasteiger partial charge is 0.436 e. The van der Waals surface area contributed by atoms with Gasteiger partial charge < -0.3 is 10.1 Å². The summed E-state index contributed by atoms with van der Waals surface area (Å²) in [6.07, 6.45) is 9.68. The zero-order valence-corrected chi connectivity index (χ0v) is 20.5. The van der Waals surface area contributed by atoms with Gasteiger partial charge in [-0.1, -0.05) is 6.07 Å². The zero-order valence-electron chi connectivity index (χ0n) is 19.7. The van der Waals surface area contributed by atoms with Crippen molar-refractivity contribution in [3.8, 4) is 0 Å². The molecule has 2 heterocycles. The number of hydrogen-bond acceptors (Lipinski definition) is 6. The van der Waals surface area contributed by atoms with E-state index in [0.29, 0.717) is 37.3 Å². The molecule has 1 fully saturated rings. The standard InChI is InChI=1S/C23H32N6O4S/c1-26-11-9-18(10-12-26)28(19-14-24-27(2)15-19)34(32,33)29(31)23(30)25-22-20-7-3-5-16(20)13-17-6-4-8-21(17)22/h13-15,18,29H,3-12H2,1-2H3,(H,25,30). The SMILES string of the molecule is CN1CCC(N(c2cnn(C)c2)S(=O)(=O)[NH+]([O-])C(=O)Nc2c3c(cc4c2CCC4)CCC3)CC1. The van der Waals surface area contributed by atoms with E-state index in [9.17, 15) is 18.4 Å². The number of hydroxylamine groups is 1. The number of urea groups is 1. The number of aryl methyl sites for hydroxylation is 3. The summed E-state index contributed by atoms with van der Waals surface area (Å²) in [7, 11) is -0.926. The molecule has 184 valence electrons. The van der Waals surface area contributed by atoms with Crippen LogP contribution in [0.2, 0.25) is 0 Å². The van der Waals surface area contributed by atoms with E-state index in [1.165, 1.54) is 22.0 Å². The lowest BCUT2D eigenvalue weighted by Crippen LogP contribution is -3.14. The maximum absolute atomic E-state index is 13.6. The second kappa shape index (κ2) is 8.95.